The Morgan fingerprint density at radius 3 is 2.21 bits per heavy atom. The highest BCUT2D eigenvalue weighted by Gasteiger charge is 2.16. The SMILES string of the molecule is O=C(CCc1c(Cl)cccc1Cl)N1CCCCCC1. The Hall–Kier alpha value is -0.730. The van der Waals surface area contributed by atoms with E-state index in [1.807, 2.05) is 23.1 Å². The van der Waals surface area contributed by atoms with Gasteiger partial charge in [-0.3, -0.25) is 4.79 Å². The minimum absolute atomic E-state index is 0.220. The molecule has 1 aliphatic heterocycles. The van der Waals surface area contributed by atoms with Crippen LogP contribution in [0.25, 0.3) is 0 Å². The van der Waals surface area contributed by atoms with Crippen molar-refractivity contribution < 1.29 is 4.79 Å². The van der Waals surface area contributed by atoms with E-state index >= 15 is 0 Å². The van der Waals surface area contributed by atoms with E-state index in [1.54, 1.807) is 0 Å². The normalized spacial score (nSPS) is 16.2. The molecule has 1 heterocycles. The topological polar surface area (TPSA) is 20.3 Å². The van der Waals surface area contributed by atoms with E-state index in [9.17, 15) is 4.79 Å². The van der Waals surface area contributed by atoms with Gasteiger partial charge < -0.3 is 4.90 Å². The van der Waals surface area contributed by atoms with Crippen LogP contribution in [-0.4, -0.2) is 23.9 Å². The van der Waals surface area contributed by atoms with Gasteiger partial charge in [0.25, 0.3) is 0 Å². The highest BCUT2D eigenvalue weighted by molar-refractivity contribution is 6.36. The molecule has 0 bridgehead atoms. The van der Waals surface area contributed by atoms with Crippen LogP contribution in [0.15, 0.2) is 18.2 Å². The predicted molar refractivity (Wildman–Crippen MR) is 79.8 cm³/mol. The molecule has 1 aliphatic rings. The number of carbonyl (C=O) groups is 1. The lowest BCUT2D eigenvalue weighted by molar-refractivity contribution is -0.131. The van der Waals surface area contributed by atoms with Crippen molar-refractivity contribution in [1.82, 2.24) is 4.90 Å². The van der Waals surface area contributed by atoms with Crippen molar-refractivity contribution in [2.45, 2.75) is 38.5 Å². The molecule has 0 spiro atoms. The van der Waals surface area contributed by atoms with Crippen molar-refractivity contribution in [3.05, 3.63) is 33.8 Å². The first-order chi connectivity index (χ1) is 9.18. The van der Waals surface area contributed by atoms with E-state index in [0.29, 0.717) is 22.9 Å². The third-order valence-corrected chi connectivity index (χ3v) is 4.32. The van der Waals surface area contributed by atoms with Gasteiger partial charge in [-0.15, -0.1) is 0 Å². The summed E-state index contributed by atoms with van der Waals surface area (Å²) in [6.07, 6.45) is 5.83. The number of hydrogen-bond acceptors (Lipinski definition) is 1. The minimum atomic E-state index is 0.220. The molecule has 2 nitrogen and oxygen atoms in total. The van der Waals surface area contributed by atoms with Gasteiger partial charge in [0, 0.05) is 29.6 Å². The summed E-state index contributed by atoms with van der Waals surface area (Å²) in [6, 6.07) is 5.46. The van der Waals surface area contributed by atoms with Crippen LogP contribution >= 0.6 is 23.2 Å². The van der Waals surface area contributed by atoms with Crippen molar-refractivity contribution in [3.8, 4) is 0 Å². The molecule has 0 aliphatic carbocycles. The second-order valence-corrected chi connectivity index (χ2v) is 5.81. The first-order valence-corrected chi connectivity index (χ1v) is 7.65. The van der Waals surface area contributed by atoms with Gasteiger partial charge in [-0.1, -0.05) is 42.1 Å². The smallest absolute Gasteiger partial charge is 0.222 e. The molecule has 0 unspecified atom stereocenters. The Morgan fingerprint density at radius 2 is 1.63 bits per heavy atom. The summed E-state index contributed by atoms with van der Waals surface area (Å²) in [5, 5.41) is 1.30. The molecule has 1 fully saturated rings. The number of halogens is 2. The van der Waals surface area contributed by atoms with Crippen LogP contribution in [-0.2, 0) is 11.2 Å². The van der Waals surface area contributed by atoms with Gasteiger partial charge in [0.2, 0.25) is 5.91 Å². The summed E-state index contributed by atoms with van der Waals surface area (Å²) in [5.41, 5.74) is 0.883. The van der Waals surface area contributed by atoms with Crippen LogP contribution < -0.4 is 0 Å². The second-order valence-electron chi connectivity index (χ2n) is 5.00. The first-order valence-electron chi connectivity index (χ1n) is 6.89. The Balaban J connectivity index is 1.92. The van der Waals surface area contributed by atoms with Crippen LogP contribution in [0.3, 0.4) is 0 Å². The van der Waals surface area contributed by atoms with E-state index in [2.05, 4.69) is 0 Å². The summed E-state index contributed by atoms with van der Waals surface area (Å²) in [6.45, 7) is 1.80. The molecule has 1 aromatic rings. The number of hydrogen-bond donors (Lipinski definition) is 0. The molecule has 2 rings (SSSR count). The Labute approximate surface area is 124 Å². The third-order valence-electron chi connectivity index (χ3n) is 3.61. The summed E-state index contributed by atoms with van der Waals surface area (Å²) >= 11 is 12.2. The van der Waals surface area contributed by atoms with Crippen LogP contribution in [0.2, 0.25) is 10.0 Å². The summed E-state index contributed by atoms with van der Waals surface area (Å²) in [5.74, 6) is 0.220. The van der Waals surface area contributed by atoms with Crippen LogP contribution in [0, 0.1) is 0 Å². The van der Waals surface area contributed by atoms with Crippen molar-refractivity contribution >= 4 is 29.1 Å². The van der Waals surface area contributed by atoms with Crippen molar-refractivity contribution in [2.24, 2.45) is 0 Å². The minimum Gasteiger partial charge on any atom is -0.343 e. The lowest BCUT2D eigenvalue weighted by Crippen LogP contribution is -2.31. The van der Waals surface area contributed by atoms with Crippen molar-refractivity contribution in [3.63, 3.8) is 0 Å². The Morgan fingerprint density at radius 1 is 1.05 bits per heavy atom. The standard InChI is InChI=1S/C15H19Cl2NO/c16-13-6-5-7-14(17)12(13)8-9-15(19)18-10-3-1-2-4-11-18/h5-7H,1-4,8-11H2. The lowest BCUT2D eigenvalue weighted by Gasteiger charge is -2.20. The van der Waals surface area contributed by atoms with Gasteiger partial charge in [-0.25, -0.2) is 0 Å². The maximum absolute atomic E-state index is 12.2. The number of likely N-dealkylation sites (tertiary alicyclic amines) is 1. The Kier molecular flexibility index (Phi) is 5.53. The fraction of sp³-hybridized carbons (Fsp3) is 0.533. The number of amides is 1. The van der Waals surface area contributed by atoms with Crippen LogP contribution in [0.5, 0.6) is 0 Å². The van der Waals surface area contributed by atoms with Gasteiger partial charge in [-0.05, 0) is 37.0 Å². The quantitative estimate of drug-likeness (QED) is 0.813. The van der Waals surface area contributed by atoms with Crippen LogP contribution in [0.1, 0.15) is 37.7 Å². The largest absolute Gasteiger partial charge is 0.343 e. The number of benzene rings is 1. The average molecular weight is 300 g/mol. The van der Waals surface area contributed by atoms with Crippen molar-refractivity contribution in [2.75, 3.05) is 13.1 Å². The predicted octanol–water partition coefficient (Wildman–Crippen LogP) is 4.33. The van der Waals surface area contributed by atoms with Gasteiger partial charge >= 0.3 is 0 Å². The number of carbonyl (C=O) groups excluding carboxylic acids is 1. The molecule has 104 valence electrons. The summed E-state index contributed by atoms with van der Waals surface area (Å²) < 4.78 is 0. The van der Waals surface area contributed by atoms with Crippen LogP contribution in [0.4, 0.5) is 0 Å². The molecule has 1 amide bonds. The van der Waals surface area contributed by atoms with Gasteiger partial charge in [-0.2, -0.15) is 0 Å². The third kappa shape index (κ3) is 4.12. The molecule has 1 aromatic carbocycles. The highest BCUT2D eigenvalue weighted by Crippen LogP contribution is 2.25. The zero-order chi connectivity index (χ0) is 13.7. The van der Waals surface area contributed by atoms with E-state index in [1.165, 1.54) is 12.8 Å². The average Bonchev–Trinajstić information content (AvgIpc) is 2.66. The summed E-state index contributed by atoms with van der Waals surface area (Å²) in [7, 11) is 0. The molecule has 0 aromatic heterocycles. The van der Waals surface area contributed by atoms with E-state index < -0.39 is 0 Å². The number of rotatable bonds is 3. The molecule has 0 radical (unpaired) electrons. The van der Waals surface area contributed by atoms with E-state index in [0.717, 1.165) is 31.5 Å². The van der Waals surface area contributed by atoms with Gasteiger partial charge in [0.05, 0.1) is 0 Å². The molecule has 1 saturated heterocycles. The molecule has 19 heavy (non-hydrogen) atoms. The first kappa shape index (κ1) is 14.7. The summed E-state index contributed by atoms with van der Waals surface area (Å²) in [4.78, 5) is 14.2. The zero-order valence-electron chi connectivity index (χ0n) is 11.0. The molecular weight excluding hydrogens is 281 g/mol. The van der Waals surface area contributed by atoms with E-state index in [-0.39, 0.29) is 5.91 Å². The maximum Gasteiger partial charge on any atom is 0.222 e. The monoisotopic (exact) mass is 299 g/mol. The maximum atomic E-state index is 12.2. The van der Waals surface area contributed by atoms with Gasteiger partial charge in [0.1, 0.15) is 0 Å². The lowest BCUT2D eigenvalue weighted by atomic mass is 10.1. The molecule has 0 N–H and O–H groups in total. The Bertz CT molecular complexity index is 420. The zero-order valence-corrected chi connectivity index (χ0v) is 12.5. The van der Waals surface area contributed by atoms with Gasteiger partial charge in [0.15, 0.2) is 0 Å². The second kappa shape index (κ2) is 7.16. The molecule has 0 atom stereocenters. The molecule has 0 saturated carbocycles. The van der Waals surface area contributed by atoms with Crippen molar-refractivity contribution in [1.29, 1.82) is 0 Å². The van der Waals surface area contributed by atoms with E-state index in [4.69, 9.17) is 23.2 Å². The fourth-order valence-corrected chi connectivity index (χ4v) is 3.07. The molecular formula is C15H19Cl2NO. The highest BCUT2D eigenvalue weighted by atomic mass is 35.5. The molecule has 4 heteroatoms. The fourth-order valence-electron chi connectivity index (χ4n) is 2.48. The number of nitrogens with zero attached hydrogens (tertiary/aromatic N) is 1.